The Morgan fingerprint density at radius 1 is 0.520 bits per heavy atom. The van der Waals surface area contributed by atoms with Crippen molar-refractivity contribution in [3.63, 3.8) is 0 Å². The van der Waals surface area contributed by atoms with Crippen molar-refractivity contribution < 1.29 is 45.8 Å². The lowest BCUT2D eigenvalue weighted by Crippen LogP contribution is -2.23. The molecule has 0 aliphatic carbocycles. The van der Waals surface area contributed by atoms with Gasteiger partial charge in [-0.05, 0) is 225 Å². The number of aromatic nitrogens is 16. The number of esters is 1. The van der Waals surface area contributed by atoms with Crippen LogP contribution >= 0.6 is 0 Å². The quantitative estimate of drug-likeness (QED) is 0.0821. The van der Waals surface area contributed by atoms with E-state index in [2.05, 4.69) is 61.6 Å². The van der Waals surface area contributed by atoms with Gasteiger partial charge in [-0.3, -0.25) is 37.6 Å². The maximum atomic E-state index is 12.9. The zero-order valence-corrected chi connectivity index (χ0v) is 64.7. The Bertz CT molecular complexity index is 3720. The van der Waals surface area contributed by atoms with Crippen molar-refractivity contribution in [2.24, 2.45) is 0 Å². The third-order valence-electron chi connectivity index (χ3n) is 13.2. The summed E-state index contributed by atoms with van der Waals surface area (Å²) in [5.41, 5.74) is 3.18. The molecule has 8 rings (SSSR count). The van der Waals surface area contributed by atoms with Gasteiger partial charge >= 0.3 is 5.97 Å². The van der Waals surface area contributed by atoms with E-state index in [-0.39, 0.29) is 73.5 Å². The predicted octanol–water partition coefficient (Wildman–Crippen LogP) is 16.7. The minimum absolute atomic E-state index is 0.0120. The summed E-state index contributed by atoms with van der Waals surface area (Å²) in [6.07, 6.45) is 10.6. The number of hydrogen-bond donors (Lipinski definition) is 0. The van der Waals surface area contributed by atoms with Crippen molar-refractivity contribution in [2.75, 3.05) is 20.8 Å². The number of nitriles is 1. The minimum atomic E-state index is -2.85. The summed E-state index contributed by atoms with van der Waals surface area (Å²) in [6.45, 7) is 59.8. The highest BCUT2D eigenvalue weighted by Gasteiger charge is 2.29. The van der Waals surface area contributed by atoms with Crippen LogP contribution in [0.15, 0.2) is 73.7 Å². The van der Waals surface area contributed by atoms with Gasteiger partial charge < -0.3 is 14.2 Å². The summed E-state index contributed by atoms with van der Waals surface area (Å²) in [6, 6.07) is 10.5. The Balaban J connectivity index is 0.000000561. The monoisotopic (exact) mass is 1380 g/mol. The minimum Gasteiger partial charge on any atom is -0.481 e. The molecule has 0 saturated carbocycles. The fourth-order valence-electron chi connectivity index (χ4n) is 7.41. The number of halogens is 5. The largest absolute Gasteiger partial charge is 0.481 e. The topological polar surface area (TPSA) is 228 Å². The molecule has 0 aliphatic heterocycles. The van der Waals surface area contributed by atoms with E-state index in [4.69, 9.17) is 19.5 Å². The summed E-state index contributed by atoms with van der Waals surface area (Å²) in [7, 11) is 3.07. The van der Waals surface area contributed by atoms with Gasteiger partial charge in [0.05, 0.1) is 100 Å². The maximum Gasteiger partial charge on any atom is 0.341 e. The van der Waals surface area contributed by atoms with Crippen LogP contribution in [0.1, 0.15) is 255 Å². The molecule has 27 heteroatoms. The number of nitrogens with zero attached hydrogens (tertiary/aromatic N) is 17. The number of hydrogen-bond acceptors (Lipinski definition) is 14. The van der Waals surface area contributed by atoms with Crippen molar-refractivity contribution in [1.82, 2.24) is 78.2 Å². The van der Waals surface area contributed by atoms with Gasteiger partial charge in [0, 0.05) is 50.9 Å². The van der Waals surface area contributed by atoms with Crippen molar-refractivity contribution in [3.8, 4) is 17.8 Å². The molecular formula is C71H114F5N17O5. The molecule has 1 unspecified atom stereocenters. The Morgan fingerprint density at radius 3 is 1.21 bits per heavy atom. The Morgan fingerprint density at radius 2 is 0.939 bits per heavy atom. The number of ether oxygens (including phenoxy) is 3. The van der Waals surface area contributed by atoms with E-state index in [1.807, 2.05) is 195 Å². The first-order valence-corrected chi connectivity index (χ1v) is 32.3. The van der Waals surface area contributed by atoms with Crippen LogP contribution in [0.3, 0.4) is 0 Å². The van der Waals surface area contributed by atoms with Gasteiger partial charge in [0.2, 0.25) is 11.7 Å². The van der Waals surface area contributed by atoms with Gasteiger partial charge in [-0.15, -0.1) is 5.10 Å². The van der Waals surface area contributed by atoms with E-state index < -0.39 is 17.9 Å². The smallest absolute Gasteiger partial charge is 0.341 e. The van der Waals surface area contributed by atoms with Gasteiger partial charge in [-0.1, -0.05) is 0 Å². The summed E-state index contributed by atoms with van der Waals surface area (Å²) in [5, 5.41) is 41.2. The molecule has 548 valence electrons. The standard InChI is InChI=1S/C11H18N2O2.C9H14F2N2.C9H15FN2.C9H16N2O.C9H14N2O.C8H13FN2O.C8H13FN2.C8H11N3/c1-6-15-10(14)9-7-13(11(3,4)5)12-8(9)2;1-8(2,3)13-6-5-7(12-13)9(4,10)11;1-7(10)8-5-6-12(11-8)9(2,3)4;1-7-6-8(12-5)11(10-7)9(2,3)4;1-7(12)8-5-6-11(10-8)9(2,3)4;1-8(2,3)11-5-6(9)7(10-11)12-4;1-6-7(9)5-11(10-6)8(2,3)4;1-8(2,3)11-5-4-7(6-9)10-11/h7H,6H2,1-5H3;5-6H,1-4H3;5-7H,1-4H3;6H,1-5H3;5-6H,1-4H3;5H,1-4H3;5H,1-4H3;4-5H,1-3H3. The van der Waals surface area contributed by atoms with Crippen LogP contribution in [0.5, 0.6) is 11.8 Å². The number of aryl methyl sites for hydroxylation is 3. The molecule has 0 radical (unpaired) electrons. The van der Waals surface area contributed by atoms with Crippen molar-refractivity contribution in [1.29, 1.82) is 5.26 Å². The summed E-state index contributed by atoms with van der Waals surface area (Å²) in [5.74, 6) is -2.93. The third-order valence-corrected chi connectivity index (χ3v) is 13.2. The number of ketones is 1. The number of alkyl halides is 3. The van der Waals surface area contributed by atoms with Crippen molar-refractivity contribution in [3.05, 3.63) is 131 Å². The fraction of sp³-hybridized carbons (Fsp3) is 0.620. The van der Waals surface area contributed by atoms with Crippen molar-refractivity contribution in [2.45, 2.75) is 271 Å². The first-order chi connectivity index (χ1) is 44.2. The van der Waals surface area contributed by atoms with Crippen LogP contribution in [0.25, 0.3) is 0 Å². The summed E-state index contributed by atoms with van der Waals surface area (Å²) < 4.78 is 92.6. The molecule has 0 amide bonds. The SMILES string of the molecule is CC(=O)c1ccn(C(C)(C)C)n1.CC(C)(C)n1ccc(C#N)n1.CC(F)(F)c1ccn(C(C)(C)C)n1.CC(F)c1ccn(C(C)(C)C)n1.CCOC(=O)c1cn(C(C)(C)C)nc1C.COc1cc(C)nn1C(C)(C)C.COc1nn(C(C)(C)C)cc1F.Cc1nn(C(C)(C)C)cc1F. The van der Waals surface area contributed by atoms with E-state index in [1.54, 1.807) is 84.3 Å². The second kappa shape index (κ2) is 34.9. The van der Waals surface area contributed by atoms with Crippen LogP contribution in [0.4, 0.5) is 22.0 Å². The normalized spacial score (nSPS) is 12.3. The molecule has 98 heavy (non-hydrogen) atoms. The molecule has 0 spiro atoms. The molecule has 0 N–H and O–H groups in total. The van der Waals surface area contributed by atoms with Crippen LogP contribution in [0, 0.1) is 43.7 Å². The van der Waals surface area contributed by atoms with E-state index in [0.29, 0.717) is 40.6 Å². The van der Waals surface area contributed by atoms with Crippen LogP contribution in [-0.2, 0) is 55.0 Å². The number of carbonyl (C=O) groups excluding carboxylic acids is 2. The molecule has 0 saturated heterocycles. The highest BCUT2D eigenvalue weighted by molar-refractivity contribution is 5.92. The molecule has 8 heterocycles. The highest BCUT2D eigenvalue weighted by atomic mass is 19.3. The Hall–Kier alpha value is -8.44. The number of Topliss-reactive ketones (excluding diaryl/α,β-unsaturated/α-hetero) is 1. The zero-order valence-electron chi connectivity index (χ0n) is 64.7. The van der Waals surface area contributed by atoms with Gasteiger partial charge in [0.1, 0.15) is 29.2 Å². The van der Waals surface area contributed by atoms with Gasteiger partial charge in [-0.25, -0.2) is 18.3 Å². The van der Waals surface area contributed by atoms with E-state index in [1.165, 1.54) is 39.4 Å². The van der Waals surface area contributed by atoms with Crippen molar-refractivity contribution >= 4 is 11.8 Å². The van der Waals surface area contributed by atoms with Gasteiger partial charge in [-0.2, -0.15) is 54.1 Å². The summed E-state index contributed by atoms with van der Waals surface area (Å²) in [4.78, 5) is 22.4. The first-order valence-electron chi connectivity index (χ1n) is 32.3. The molecule has 0 fully saturated rings. The average Bonchev–Trinajstić information content (AvgIpc) is 1.71. The molecule has 0 aliphatic rings. The second-order valence-electron chi connectivity index (χ2n) is 31.1. The van der Waals surface area contributed by atoms with E-state index in [9.17, 15) is 31.5 Å². The molecule has 0 bridgehead atoms. The predicted molar refractivity (Wildman–Crippen MR) is 375 cm³/mol. The van der Waals surface area contributed by atoms with Crippen LogP contribution in [0.2, 0.25) is 0 Å². The number of rotatable bonds is 7. The van der Waals surface area contributed by atoms with Gasteiger partial charge in [0.15, 0.2) is 17.3 Å². The third kappa shape index (κ3) is 28.9. The lowest BCUT2D eigenvalue weighted by Gasteiger charge is -2.21. The number of carbonyl (C=O) groups is 2. The molecule has 1 atom stereocenters. The lowest BCUT2D eigenvalue weighted by molar-refractivity contribution is 0.0115. The Labute approximate surface area is 579 Å². The zero-order chi connectivity index (χ0) is 76.5. The molecule has 8 aromatic heterocycles. The second-order valence-corrected chi connectivity index (χ2v) is 31.1. The molecular weight excluding hydrogens is 1270 g/mol. The number of methoxy groups -OCH3 is 2. The van der Waals surface area contributed by atoms with Gasteiger partial charge in [0.25, 0.3) is 11.8 Å². The average molecular weight is 1380 g/mol. The molecule has 22 nitrogen and oxygen atoms in total. The first kappa shape index (κ1) is 87.6. The Kier molecular flexibility index (Phi) is 31.2. The maximum absolute atomic E-state index is 12.9. The highest BCUT2D eigenvalue weighted by Crippen LogP contribution is 2.27. The molecule has 0 aromatic carbocycles. The van der Waals surface area contributed by atoms with E-state index in [0.717, 1.165) is 18.5 Å². The summed E-state index contributed by atoms with van der Waals surface area (Å²) >= 11 is 0. The van der Waals surface area contributed by atoms with Crippen LogP contribution < -0.4 is 9.47 Å². The fourth-order valence-corrected chi connectivity index (χ4v) is 7.41. The molecule has 8 aromatic rings. The lowest BCUT2D eigenvalue weighted by atomic mass is 10.1. The van der Waals surface area contributed by atoms with Crippen LogP contribution in [-0.4, -0.2) is 111 Å². The van der Waals surface area contributed by atoms with E-state index >= 15 is 0 Å².